The van der Waals surface area contributed by atoms with Gasteiger partial charge in [-0.1, -0.05) is 31.2 Å². The summed E-state index contributed by atoms with van der Waals surface area (Å²) in [5.41, 5.74) is 3.30. The van der Waals surface area contributed by atoms with Gasteiger partial charge in [0, 0.05) is 12.6 Å². The second kappa shape index (κ2) is 7.70. The van der Waals surface area contributed by atoms with Gasteiger partial charge in [0.1, 0.15) is 0 Å². The monoisotopic (exact) mass is 360 g/mol. The second-order valence-electron chi connectivity index (χ2n) is 6.07. The van der Waals surface area contributed by atoms with Gasteiger partial charge in [-0.25, -0.2) is 8.42 Å². The van der Waals surface area contributed by atoms with Crippen LogP contribution in [0.2, 0.25) is 0 Å². The molecular weight excluding hydrogens is 336 g/mol. The Bertz CT molecular complexity index is 828. The molecule has 1 amide bonds. The van der Waals surface area contributed by atoms with Crippen LogP contribution in [0, 0.1) is 0 Å². The lowest BCUT2D eigenvalue weighted by atomic mass is 10.0. The van der Waals surface area contributed by atoms with Gasteiger partial charge < -0.3 is 5.32 Å². The van der Waals surface area contributed by atoms with Gasteiger partial charge >= 0.3 is 0 Å². The summed E-state index contributed by atoms with van der Waals surface area (Å²) in [4.78, 5) is 12.4. The van der Waals surface area contributed by atoms with Crippen molar-refractivity contribution in [2.45, 2.75) is 26.3 Å². The van der Waals surface area contributed by atoms with Gasteiger partial charge in [0.2, 0.25) is 10.0 Å². The predicted octanol–water partition coefficient (Wildman–Crippen LogP) is 3.14. The van der Waals surface area contributed by atoms with Crippen LogP contribution in [-0.4, -0.2) is 27.6 Å². The van der Waals surface area contributed by atoms with Gasteiger partial charge in [-0.15, -0.1) is 0 Å². The standard InChI is InChI=1S/C19H24N2O3S/c1-5-15-6-8-16(9-7-15)14(2)20-19(22)17-10-12-18(13-11-17)21(3)25(4,23)24/h6-14H,5H2,1-4H3,(H,20,22). The Morgan fingerprint density at radius 2 is 1.64 bits per heavy atom. The third kappa shape index (κ3) is 4.82. The van der Waals surface area contributed by atoms with E-state index in [2.05, 4.69) is 24.4 Å². The minimum absolute atomic E-state index is 0.114. The Balaban J connectivity index is 2.07. The number of carbonyl (C=O) groups is 1. The highest BCUT2D eigenvalue weighted by molar-refractivity contribution is 7.92. The lowest BCUT2D eigenvalue weighted by Crippen LogP contribution is -2.27. The van der Waals surface area contributed by atoms with Crippen molar-refractivity contribution in [3.05, 3.63) is 65.2 Å². The number of nitrogens with one attached hydrogen (secondary N) is 1. The van der Waals surface area contributed by atoms with E-state index in [1.807, 2.05) is 19.1 Å². The Labute approximate surface area is 149 Å². The fraction of sp³-hybridized carbons (Fsp3) is 0.316. The molecule has 0 aliphatic rings. The van der Waals surface area contributed by atoms with E-state index < -0.39 is 10.0 Å². The van der Waals surface area contributed by atoms with E-state index in [1.165, 1.54) is 16.9 Å². The first-order valence-corrected chi connectivity index (χ1v) is 10.0. The highest BCUT2D eigenvalue weighted by Gasteiger charge is 2.14. The molecule has 0 radical (unpaired) electrons. The fourth-order valence-corrected chi connectivity index (χ4v) is 2.92. The number of benzene rings is 2. The van der Waals surface area contributed by atoms with E-state index in [4.69, 9.17) is 0 Å². The largest absolute Gasteiger partial charge is 0.346 e. The molecule has 2 aromatic rings. The maximum atomic E-state index is 12.4. The quantitative estimate of drug-likeness (QED) is 0.861. The normalized spacial score (nSPS) is 12.5. The van der Waals surface area contributed by atoms with Crippen molar-refractivity contribution in [3.8, 4) is 0 Å². The van der Waals surface area contributed by atoms with E-state index >= 15 is 0 Å². The van der Waals surface area contributed by atoms with Crippen LogP contribution in [0.15, 0.2) is 48.5 Å². The number of sulfonamides is 1. The average molecular weight is 360 g/mol. The van der Waals surface area contributed by atoms with Crippen molar-refractivity contribution in [2.75, 3.05) is 17.6 Å². The van der Waals surface area contributed by atoms with E-state index in [0.717, 1.165) is 18.2 Å². The van der Waals surface area contributed by atoms with Crippen molar-refractivity contribution in [1.29, 1.82) is 0 Å². The summed E-state index contributed by atoms with van der Waals surface area (Å²) in [6.07, 6.45) is 2.12. The summed E-state index contributed by atoms with van der Waals surface area (Å²) in [7, 11) is -1.84. The highest BCUT2D eigenvalue weighted by Crippen LogP contribution is 2.18. The number of hydrogen-bond acceptors (Lipinski definition) is 3. The SMILES string of the molecule is CCc1ccc(C(C)NC(=O)c2ccc(N(C)S(C)(=O)=O)cc2)cc1. The van der Waals surface area contributed by atoms with Gasteiger partial charge in [-0.3, -0.25) is 9.10 Å². The minimum Gasteiger partial charge on any atom is -0.346 e. The highest BCUT2D eigenvalue weighted by atomic mass is 32.2. The van der Waals surface area contributed by atoms with Crippen molar-refractivity contribution >= 4 is 21.6 Å². The number of aryl methyl sites for hydroxylation is 1. The third-order valence-corrected chi connectivity index (χ3v) is 5.43. The van der Waals surface area contributed by atoms with Crippen LogP contribution in [0.4, 0.5) is 5.69 Å². The zero-order valence-electron chi connectivity index (χ0n) is 15.0. The van der Waals surface area contributed by atoms with E-state index in [1.54, 1.807) is 24.3 Å². The smallest absolute Gasteiger partial charge is 0.251 e. The Morgan fingerprint density at radius 3 is 2.12 bits per heavy atom. The number of nitrogens with zero attached hydrogens (tertiary/aromatic N) is 1. The first-order chi connectivity index (χ1) is 11.7. The van der Waals surface area contributed by atoms with Gasteiger partial charge in [-0.2, -0.15) is 0 Å². The van der Waals surface area contributed by atoms with Gasteiger partial charge in [0.05, 0.1) is 18.0 Å². The molecule has 0 saturated carbocycles. The summed E-state index contributed by atoms with van der Waals surface area (Å²) in [5, 5.41) is 2.96. The molecule has 0 bridgehead atoms. The number of rotatable bonds is 6. The molecule has 1 unspecified atom stereocenters. The van der Waals surface area contributed by atoms with Gasteiger partial charge in [0.25, 0.3) is 5.91 Å². The van der Waals surface area contributed by atoms with Gasteiger partial charge in [0.15, 0.2) is 0 Å². The number of carbonyl (C=O) groups excluding carboxylic acids is 1. The molecule has 1 N–H and O–H groups in total. The number of amides is 1. The lowest BCUT2D eigenvalue weighted by molar-refractivity contribution is 0.0940. The van der Waals surface area contributed by atoms with Crippen molar-refractivity contribution in [1.82, 2.24) is 5.32 Å². The Morgan fingerprint density at radius 1 is 1.08 bits per heavy atom. The van der Waals surface area contributed by atoms with Crippen molar-refractivity contribution < 1.29 is 13.2 Å². The van der Waals surface area contributed by atoms with Crippen molar-refractivity contribution in [3.63, 3.8) is 0 Å². The van der Waals surface area contributed by atoms with Crippen LogP contribution >= 0.6 is 0 Å². The van der Waals surface area contributed by atoms with Crippen LogP contribution in [0.25, 0.3) is 0 Å². The maximum Gasteiger partial charge on any atom is 0.251 e. The molecule has 25 heavy (non-hydrogen) atoms. The topological polar surface area (TPSA) is 66.5 Å². The fourth-order valence-electron chi connectivity index (χ4n) is 2.42. The lowest BCUT2D eigenvalue weighted by Gasteiger charge is -2.17. The van der Waals surface area contributed by atoms with E-state index in [9.17, 15) is 13.2 Å². The summed E-state index contributed by atoms with van der Waals surface area (Å²) in [5.74, 6) is -0.194. The Hall–Kier alpha value is -2.34. The van der Waals surface area contributed by atoms with E-state index in [0.29, 0.717) is 11.3 Å². The molecule has 1 atom stereocenters. The first kappa shape index (κ1) is 19.0. The maximum absolute atomic E-state index is 12.4. The predicted molar refractivity (Wildman–Crippen MR) is 101 cm³/mol. The molecule has 0 spiro atoms. The average Bonchev–Trinajstić information content (AvgIpc) is 2.60. The number of anilines is 1. The van der Waals surface area contributed by atoms with Crippen LogP contribution in [-0.2, 0) is 16.4 Å². The molecule has 134 valence electrons. The van der Waals surface area contributed by atoms with Crippen LogP contribution in [0.3, 0.4) is 0 Å². The molecular formula is C19H24N2O3S. The van der Waals surface area contributed by atoms with Crippen molar-refractivity contribution in [2.24, 2.45) is 0 Å². The molecule has 5 nitrogen and oxygen atoms in total. The molecule has 0 saturated heterocycles. The zero-order chi connectivity index (χ0) is 18.6. The molecule has 0 fully saturated rings. The second-order valence-corrected chi connectivity index (χ2v) is 8.08. The summed E-state index contributed by atoms with van der Waals surface area (Å²) < 4.78 is 24.3. The summed E-state index contributed by atoms with van der Waals surface area (Å²) in [6.45, 7) is 4.04. The molecule has 6 heteroatoms. The molecule has 2 aromatic carbocycles. The van der Waals surface area contributed by atoms with E-state index in [-0.39, 0.29) is 11.9 Å². The third-order valence-electron chi connectivity index (χ3n) is 4.23. The molecule has 0 heterocycles. The molecule has 2 rings (SSSR count). The first-order valence-electron chi connectivity index (χ1n) is 8.16. The summed E-state index contributed by atoms with van der Waals surface area (Å²) >= 11 is 0. The number of hydrogen-bond donors (Lipinski definition) is 1. The molecule has 0 aliphatic heterocycles. The van der Waals surface area contributed by atoms with Crippen LogP contribution < -0.4 is 9.62 Å². The Kier molecular flexibility index (Phi) is 5.85. The van der Waals surface area contributed by atoms with Crippen LogP contribution in [0.5, 0.6) is 0 Å². The molecule has 0 aliphatic carbocycles. The summed E-state index contributed by atoms with van der Waals surface area (Å²) in [6, 6.07) is 14.5. The zero-order valence-corrected chi connectivity index (χ0v) is 15.8. The van der Waals surface area contributed by atoms with Crippen LogP contribution in [0.1, 0.15) is 41.4 Å². The minimum atomic E-state index is -3.32. The molecule has 0 aromatic heterocycles. The van der Waals surface area contributed by atoms with Gasteiger partial charge in [-0.05, 0) is 48.7 Å².